The predicted molar refractivity (Wildman–Crippen MR) is 84.0 cm³/mol. The lowest BCUT2D eigenvalue weighted by Crippen LogP contribution is -2.21. The molecule has 1 amide bonds. The quantitative estimate of drug-likeness (QED) is 0.813. The molecule has 0 fully saturated rings. The lowest BCUT2D eigenvalue weighted by molar-refractivity contribution is -0.146. The van der Waals surface area contributed by atoms with Gasteiger partial charge in [0.2, 0.25) is 6.79 Å². The summed E-state index contributed by atoms with van der Waals surface area (Å²) < 4.78 is 15.3. The Morgan fingerprint density at radius 2 is 1.83 bits per heavy atom. The summed E-state index contributed by atoms with van der Waals surface area (Å²) in [5.74, 6) is 0.315. The average Bonchev–Trinajstić information content (AvgIpc) is 3.03. The number of hydrogen-bond acceptors (Lipinski definition) is 6. The van der Waals surface area contributed by atoms with E-state index in [1.54, 1.807) is 30.3 Å². The molecule has 0 atom stereocenters. The fourth-order valence-corrected chi connectivity index (χ4v) is 2.15. The predicted octanol–water partition coefficient (Wildman–Crippen LogP) is 1.85. The molecule has 124 valence electrons. The highest BCUT2D eigenvalue weighted by Crippen LogP contribution is 2.34. The summed E-state index contributed by atoms with van der Waals surface area (Å²) in [7, 11) is 0. The van der Waals surface area contributed by atoms with Crippen molar-refractivity contribution in [2.24, 2.45) is 0 Å². The number of hydrogen-bond donors (Lipinski definition) is 2. The van der Waals surface area contributed by atoms with Gasteiger partial charge in [0.05, 0.1) is 6.42 Å². The number of benzene rings is 2. The molecule has 0 aliphatic carbocycles. The fourth-order valence-electron chi connectivity index (χ4n) is 2.15. The zero-order valence-electron chi connectivity index (χ0n) is 12.7. The van der Waals surface area contributed by atoms with Crippen molar-refractivity contribution in [3.63, 3.8) is 0 Å². The number of fused-ring (bicyclic) bond motifs is 1. The smallest absolute Gasteiger partial charge is 0.310 e. The van der Waals surface area contributed by atoms with Crippen LogP contribution in [0.2, 0.25) is 0 Å². The first kappa shape index (κ1) is 15.7. The van der Waals surface area contributed by atoms with E-state index >= 15 is 0 Å². The van der Waals surface area contributed by atoms with Gasteiger partial charge in [0.1, 0.15) is 5.75 Å². The molecule has 7 nitrogen and oxygen atoms in total. The number of phenolic OH excluding ortho intramolecular Hbond substituents is 1. The van der Waals surface area contributed by atoms with Crippen LogP contribution in [0.15, 0.2) is 42.5 Å². The monoisotopic (exact) mass is 329 g/mol. The Balaban J connectivity index is 1.46. The van der Waals surface area contributed by atoms with E-state index < -0.39 is 11.9 Å². The number of esters is 1. The van der Waals surface area contributed by atoms with E-state index in [9.17, 15) is 14.7 Å². The summed E-state index contributed by atoms with van der Waals surface area (Å²) in [6.45, 7) is -0.229. The number of amides is 1. The molecule has 3 rings (SSSR count). The SMILES string of the molecule is O=C(COC(=O)Cc1ccc(O)cc1)Nc1ccc2c(c1)OCO2. The second-order valence-electron chi connectivity index (χ2n) is 5.12. The molecule has 1 aliphatic rings. The number of anilines is 1. The van der Waals surface area contributed by atoms with Crippen LogP contribution in [0.5, 0.6) is 17.2 Å². The van der Waals surface area contributed by atoms with Crippen LogP contribution in [0, 0.1) is 0 Å². The topological polar surface area (TPSA) is 94.1 Å². The Labute approximate surface area is 137 Å². The van der Waals surface area contributed by atoms with Crippen molar-refractivity contribution in [2.45, 2.75) is 6.42 Å². The van der Waals surface area contributed by atoms with E-state index in [4.69, 9.17) is 14.2 Å². The van der Waals surface area contributed by atoms with Gasteiger partial charge in [0.25, 0.3) is 5.91 Å². The Morgan fingerprint density at radius 3 is 2.62 bits per heavy atom. The van der Waals surface area contributed by atoms with Gasteiger partial charge in [-0.2, -0.15) is 0 Å². The van der Waals surface area contributed by atoms with Gasteiger partial charge in [-0.1, -0.05) is 12.1 Å². The number of nitrogens with one attached hydrogen (secondary N) is 1. The van der Waals surface area contributed by atoms with Crippen molar-refractivity contribution >= 4 is 17.6 Å². The van der Waals surface area contributed by atoms with Gasteiger partial charge < -0.3 is 24.6 Å². The maximum absolute atomic E-state index is 11.8. The van der Waals surface area contributed by atoms with E-state index in [1.807, 2.05) is 0 Å². The molecule has 1 heterocycles. The molecule has 0 saturated carbocycles. The Bertz CT molecular complexity index is 756. The van der Waals surface area contributed by atoms with Crippen LogP contribution in [0.3, 0.4) is 0 Å². The number of phenols is 1. The summed E-state index contributed by atoms with van der Waals surface area (Å²) in [5, 5.41) is 11.8. The first-order valence-electron chi connectivity index (χ1n) is 7.23. The van der Waals surface area contributed by atoms with E-state index in [0.717, 1.165) is 0 Å². The van der Waals surface area contributed by atoms with Crippen molar-refractivity contribution in [1.29, 1.82) is 0 Å². The van der Waals surface area contributed by atoms with Gasteiger partial charge in [-0.15, -0.1) is 0 Å². The zero-order chi connectivity index (χ0) is 16.9. The molecule has 0 aromatic heterocycles. The van der Waals surface area contributed by atoms with Gasteiger partial charge in [-0.25, -0.2) is 0 Å². The summed E-state index contributed by atoms with van der Waals surface area (Å²) >= 11 is 0. The van der Waals surface area contributed by atoms with Crippen molar-refractivity contribution in [3.8, 4) is 17.2 Å². The molecular formula is C17H15NO6. The summed E-state index contributed by atoms with van der Waals surface area (Å²) in [5.41, 5.74) is 1.22. The fraction of sp³-hybridized carbons (Fsp3) is 0.176. The van der Waals surface area contributed by atoms with Crippen LogP contribution in [-0.4, -0.2) is 30.4 Å². The first-order valence-corrected chi connectivity index (χ1v) is 7.23. The second-order valence-corrected chi connectivity index (χ2v) is 5.12. The van der Waals surface area contributed by atoms with Crippen LogP contribution in [-0.2, 0) is 20.7 Å². The van der Waals surface area contributed by atoms with Gasteiger partial charge in [-0.05, 0) is 29.8 Å². The molecular weight excluding hydrogens is 314 g/mol. The van der Waals surface area contributed by atoms with Crippen molar-refractivity contribution < 1.29 is 28.9 Å². The summed E-state index contributed by atoms with van der Waals surface area (Å²) in [6, 6.07) is 11.2. The lowest BCUT2D eigenvalue weighted by atomic mass is 10.1. The summed E-state index contributed by atoms with van der Waals surface area (Å²) in [6.07, 6.45) is 0.0254. The molecule has 2 N–H and O–H groups in total. The minimum Gasteiger partial charge on any atom is -0.508 e. The highest BCUT2D eigenvalue weighted by Gasteiger charge is 2.15. The Hall–Kier alpha value is -3.22. The Kier molecular flexibility index (Phi) is 4.51. The van der Waals surface area contributed by atoms with E-state index in [2.05, 4.69) is 5.32 Å². The number of carbonyl (C=O) groups is 2. The highest BCUT2D eigenvalue weighted by atomic mass is 16.7. The van der Waals surface area contributed by atoms with Gasteiger partial charge in [0.15, 0.2) is 18.1 Å². The molecule has 2 aromatic carbocycles. The molecule has 0 unspecified atom stereocenters. The van der Waals surface area contributed by atoms with E-state index in [0.29, 0.717) is 22.7 Å². The number of rotatable bonds is 5. The number of aromatic hydroxyl groups is 1. The van der Waals surface area contributed by atoms with Crippen molar-refractivity contribution in [3.05, 3.63) is 48.0 Å². The standard InChI is InChI=1S/C17H15NO6/c19-13-4-1-11(2-5-13)7-17(21)22-9-16(20)18-12-3-6-14-15(8-12)24-10-23-14/h1-6,8,19H,7,9-10H2,(H,18,20). The highest BCUT2D eigenvalue weighted by molar-refractivity contribution is 5.93. The van der Waals surface area contributed by atoms with E-state index in [1.165, 1.54) is 12.1 Å². The van der Waals surface area contributed by atoms with Crippen LogP contribution < -0.4 is 14.8 Å². The molecule has 2 aromatic rings. The normalized spacial score (nSPS) is 11.8. The molecule has 0 saturated heterocycles. The van der Waals surface area contributed by atoms with Crippen molar-refractivity contribution in [2.75, 3.05) is 18.7 Å². The lowest BCUT2D eigenvalue weighted by Gasteiger charge is -2.07. The van der Waals surface area contributed by atoms with Gasteiger partial charge in [0, 0.05) is 11.8 Å². The maximum Gasteiger partial charge on any atom is 0.310 e. The second kappa shape index (κ2) is 6.91. The molecule has 7 heteroatoms. The molecule has 0 spiro atoms. The van der Waals surface area contributed by atoms with Crippen LogP contribution >= 0.6 is 0 Å². The average molecular weight is 329 g/mol. The zero-order valence-corrected chi connectivity index (χ0v) is 12.7. The van der Waals surface area contributed by atoms with Crippen LogP contribution in [0.4, 0.5) is 5.69 Å². The molecule has 24 heavy (non-hydrogen) atoms. The third-order valence-electron chi connectivity index (χ3n) is 3.31. The van der Waals surface area contributed by atoms with Crippen molar-refractivity contribution in [1.82, 2.24) is 0 Å². The molecule has 0 bridgehead atoms. The minimum absolute atomic E-state index is 0.0254. The molecule has 0 radical (unpaired) electrons. The third kappa shape index (κ3) is 3.95. The first-order chi connectivity index (χ1) is 11.6. The number of ether oxygens (including phenoxy) is 3. The third-order valence-corrected chi connectivity index (χ3v) is 3.31. The van der Waals surface area contributed by atoms with Gasteiger partial charge in [-0.3, -0.25) is 9.59 Å². The minimum atomic E-state index is -0.526. The van der Waals surface area contributed by atoms with Gasteiger partial charge >= 0.3 is 5.97 Å². The van der Waals surface area contributed by atoms with E-state index in [-0.39, 0.29) is 25.6 Å². The molecule has 1 aliphatic heterocycles. The maximum atomic E-state index is 11.8. The van der Waals surface area contributed by atoms with Crippen LogP contribution in [0.25, 0.3) is 0 Å². The number of carbonyl (C=O) groups excluding carboxylic acids is 2. The summed E-state index contributed by atoms with van der Waals surface area (Å²) in [4.78, 5) is 23.5. The Morgan fingerprint density at radius 1 is 1.08 bits per heavy atom. The largest absolute Gasteiger partial charge is 0.508 e. The van der Waals surface area contributed by atoms with Crippen LogP contribution in [0.1, 0.15) is 5.56 Å².